The lowest BCUT2D eigenvalue weighted by atomic mass is 9.81. The Hall–Kier alpha value is -2.42. The average Bonchev–Trinajstić information content (AvgIpc) is 2.93. The molecule has 116 valence electrons. The van der Waals surface area contributed by atoms with E-state index in [1.165, 1.54) is 16.8 Å². The van der Waals surface area contributed by atoms with E-state index in [0.29, 0.717) is 16.3 Å². The number of hydrogen-bond acceptors (Lipinski definition) is 6. The molecule has 0 spiro atoms. The Morgan fingerprint density at radius 1 is 1.26 bits per heavy atom. The summed E-state index contributed by atoms with van der Waals surface area (Å²) >= 11 is 6.04. The van der Waals surface area contributed by atoms with Crippen LogP contribution in [0.1, 0.15) is 5.69 Å². The topological polar surface area (TPSA) is 101 Å². The van der Waals surface area contributed by atoms with E-state index < -0.39 is 12.7 Å². The van der Waals surface area contributed by atoms with Crippen molar-refractivity contribution in [3.8, 4) is 17.0 Å². The average molecular weight is 332 g/mol. The first-order valence-electron chi connectivity index (χ1n) is 6.65. The summed E-state index contributed by atoms with van der Waals surface area (Å²) in [5.74, 6) is 0.227. The Morgan fingerprint density at radius 3 is 2.65 bits per heavy atom. The molecule has 23 heavy (non-hydrogen) atoms. The van der Waals surface area contributed by atoms with Crippen LogP contribution in [0, 0.1) is 6.92 Å². The molecule has 0 atom stereocenters. The van der Waals surface area contributed by atoms with Gasteiger partial charge in [-0.05, 0) is 31.2 Å². The van der Waals surface area contributed by atoms with Gasteiger partial charge in [-0.25, -0.2) is 9.48 Å². The number of halogens is 1. The Morgan fingerprint density at radius 2 is 2.04 bits per heavy atom. The van der Waals surface area contributed by atoms with Gasteiger partial charge in [0.25, 0.3) is 0 Å². The second kappa shape index (κ2) is 6.00. The Bertz CT molecular complexity index is 922. The highest BCUT2D eigenvalue weighted by Gasteiger charge is 2.19. The third-order valence-corrected chi connectivity index (χ3v) is 3.44. The van der Waals surface area contributed by atoms with E-state index in [-0.39, 0.29) is 11.2 Å². The molecule has 2 heterocycles. The van der Waals surface area contributed by atoms with Gasteiger partial charge in [0.2, 0.25) is 0 Å². The second-order valence-corrected chi connectivity index (χ2v) is 5.32. The molecule has 0 aliphatic heterocycles. The summed E-state index contributed by atoms with van der Waals surface area (Å²) in [5, 5.41) is 26.6. The van der Waals surface area contributed by atoms with Gasteiger partial charge in [-0.15, -0.1) is 5.10 Å². The first-order chi connectivity index (χ1) is 11.0. The van der Waals surface area contributed by atoms with Crippen molar-refractivity contribution in [3.63, 3.8) is 0 Å². The number of aromatic nitrogens is 3. The minimum absolute atomic E-state index is 0.227. The van der Waals surface area contributed by atoms with Gasteiger partial charge in [0.05, 0.1) is 23.0 Å². The van der Waals surface area contributed by atoms with Gasteiger partial charge in [-0.3, -0.25) is 0 Å². The van der Waals surface area contributed by atoms with Crippen LogP contribution in [0.3, 0.4) is 0 Å². The van der Waals surface area contributed by atoms with Crippen molar-refractivity contribution >= 4 is 24.2 Å². The fourth-order valence-corrected chi connectivity index (χ4v) is 2.31. The van der Waals surface area contributed by atoms with E-state index in [2.05, 4.69) is 10.3 Å². The Kier molecular flexibility index (Phi) is 4.04. The summed E-state index contributed by atoms with van der Waals surface area (Å²) < 4.78 is 6.72. The largest absolute Gasteiger partial charge is 0.495 e. The maximum Gasteiger partial charge on any atom is 0.495 e. The first-order valence-corrected chi connectivity index (χ1v) is 7.03. The van der Waals surface area contributed by atoms with Crippen molar-refractivity contribution in [1.82, 2.24) is 15.0 Å². The van der Waals surface area contributed by atoms with Crippen molar-refractivity contribution in [2.24, 2.45) is 0 Å². The summed E-state index contributed by atoms with van der Waals surface area (Å²) in [7, 11) is -1.89. The maximum atomic E-state index is 11.8. The summed E-state index contributed by atoms with van der Waals surface area (Å²) in [4.78, 5) is 11.8. The lowest BCUT2D eigenvalue weighted by molar-refractivity contribution is 0.421. The van der Waals surface area contributed by atoms with E-state index >= 15 is 0 Å². The summed E-state index contributed by atoms with van der Waals surface area (Å²) in [6.07, 6.45) is 1.72. The zero-order valence-corrected chi connectivity index (χ0v) is 12.7. The highest BCUT2D eigenvalue weighted by Crippen LogP contribution is 2.28. The van der Waals surface area contributed by atoms with Crippen LogP contribution < -0.4 is 11.1 Å². The van der Waals surface area contributed by atoms with Gasteiger partial charge in [0, 0.05) is 10.6 Å². The van der Waals surface area contributed by atoms with E-state index in [9.17, 15) is 4.79 Å². The molecule has 2 aromatic heterocycles. The van der Waals surface area contributed by atoms with Crippen LogP contribution in [0.2, 0.25) is 5.02 Å². The second-order valence-electron chi connectivity index (χ2n) is 4.88. The lowest BCUT2D eigenvalue weighted by Gasteiger charge is -2.09. The highest BCUT2D eigenvalue weighted by atomic mass is 35.5. The number of benzene rings is 1. The molecule has 0 radical (unpaired) electrons. The third kappa shape index (κ3) is 3.05. The normalized spacial score (nSPS) is 10.8. The van der Waals surface area contributed by atoms with E-state index in [4.69, 9.17) is 26.1 Å². The van der Waals surface area contributed by atoms with Crippen LogP contribution >= 0.6 is 11.6 Å². The monoisotopic (exact) mass is 331 g/mol. The molecule has 0 fully saturated rings. The fourth-order valence-electron chi connectivity index (χ4n) is 2.13. The molecule has 3 aromatic rings. The molecular formula is C14H11BClN3O4. The van der Waals surface area contributed by atoms with Gasteiger partial charge < -0.3 is 14.5 Å². The van der Waals surface area contributed by atoms with Crippen LogP contribution in [0.15, 0.2) is 45.7 Å². The van der Waals surface area contributed by atoms with Gasteiger partial charge in [0.1, 0.15) is 5.76 Å². The van der Waals surface area contributed by atoms with Gasteiger partial charge in [-0.1, -0.05) is 22.9 Å². The number of aryl methyl sites for hydroxylation is 1. The molecule has 2 N–H and O–H groups in total. The third-order valence-electron chi connectivity index (χ3n) is 3.21. The van der Waals surface area contributed by atoms with Crippen LogP contribution in [0.4, 0.5) is 0 Å². The molecule has 0 aliphatic carbocycles. The van der Waals surface area contributed by atoms with Crippen LogP contribution in [-0.4, -0.2) is 32.2 Å². The van der Waals surface area contributed by atoms with Crippen molar-refractivity contribution < 1.29 is 14.5 Å². The molecule has 0 bridgehead atoms. The molecule has 7 nitrogen and oxygen atoms in total. The van der Waals surface area contributed by atoms with Crippen LogP contribution in [0.25, 0.3) is 17.0 Å². The van der Waals surface area contributed by atoms with Gasteiger partial charge in [-0.2, -0.15) is 0 Å². The summed E-state index contributed by atoms with van der Waals surface area (Å²) in [5.41, 5.74) is 0.798. The number of rotatable bonds is 3. The van der Waals surface area contributed by atoms with Crippen LogP contribution in [-0.2, 0) is 0 Å². The smallest absolute Gasteiger partial charge is 0.423 e. The van der Waals surface area contributed by atoms with E-state index in [0.717, 1.165) is 5.69 Å². The van der Waals surface area contributed by atoms with Crippen molar-refractivity contribution in [2.75, 3.05) is 0 Å². The van der Waals surface area contributed by atoms with Gasteiger partial charge >= 0.3 is 12.7 Å². The Labute approximate surface area is 135 Å². The van der Waals surface area contributed by atoms with Crippen LogP contribution in [0.5, 0.6) is 0 Å². The molecule has 0 amide bonds. The van der Waals surface area contributed by atoms with Crippen molar-refractivity contribution in [1.29, 1.82) is 0 Å². The predicted octanol–water partition coefficient (Wildman–Crippen LogP) is 0.529. The quantitative estimate of drug-likeness (QED) is 0.679. The molecule has 0 aliphatic rings. The van der Waals surface area contributed by atoms with Crippen molar-refractivity contribution in [3.05, 3.63) is 57.7 Å². The molecule has 0 saturated heterocycles. The summed E-state index contributed by atoms with van der Waals surface area (Å²) in [6, 6.07) is 7.79. The molecule has 1 aromatic carbocycles. The van der Waals surface area contributed by atoms with E-state index in [1.54, 1.807) is 31.3 Å². The first kappa shape index (κ1) is 15.5. The highest BCUT2D eigenvalue weighted by molar-refractivity contribution is 6.58. The standard InChI is InChI=1S/C14H11BClN3O4/c1-8-7-19(18-17-8)12-4-2-9(16)6-10(12)13-5-3-11(15(21)22)14(20)23-13/h2-7,21-22H,1H3. The fraction of sp³-hybridized carbons (Fsp3) is 0.0714. The minimum atomic E-state index is -1.89. The zero-order valence-electron chi connectivity index (χ0n) is 12.0. The van der Waals surface area contributed by atoms with Crippen molar-refractivity contribution in [2.45, 2.75) is 6.92 Å². The van der Waals surface area contributed by atoms with E-state index in [1.807, 2.05) is 0 Å². The predicted molar refractivity (Wildman–Crippen MR) is 84.9 cm³/mol. The minimum Gasteiger partial charge on any atom is -0.423 e. The summed E-state index contributed by atoms with van der Waals surface area (Å²) in [6.45, 7) is 1.80. The number of nitrogens with zero attached hydrogens (tertiary/aromatic N) is 3. The SMILES string of the molecule is Cc1cn(-c2ccc(Cl)cc2-c2ccc(B(O)O)c(=O)o2)nn1. The molecule has 3 rings (SSSR count). The zero-order chi connectivity index (χ0) is 16.6. The number of hydrogen-bond donors (Lipinski definition) is 2. The molecule has 0 unspecified atom stereocenters. The molecular weight excluding hydrogens is 320 g/mol. The Balaban J connectivity index is 2.18. The maximum absolute atomic E-state index is 11.8. The molecule has 9 heteroatoms. The molecule has 0 saturated carbocycles. The van der Waals surface area contributed by atoms with Gasteiger partial charge in [0.15, 0.2) is 0 Å². The lowest BCUT2D eigenvalue weighted by Crippen LogP contribution is -2.40.